The van der Waals surface area contributed by atoms with E-state index in [9.17, 15) is 70.0 Å². The maximum absolute atomic E-state index is 13.0. The van der Waals surface area contributed by atoms with Crippen molar-refractivity contribution in [3.05, 3.63) is 0 Å². The summed E-state index contributed by atoms with van der Waals surface area (Å²) >= 11 is 0. The number of hydrogen-bond donors (Lipinski definition) is 0. The zero-order valence-electron chi connectivity index (χ0n) is 18.2. The second-order valence-electron chi connectivity index (χ2n) is 7.12. The second kappa shape index (κ2) is 10.9. The minimum absolute atomic E-state index is 1.28. The van der Waals surface area contributed by atoms with Crippen molar-refractivity contribution in [3.8, 4) is 0 Å². The summed E-state index contributed by atoms with van der Waals surface area (Å²) in [7, 11) is -7.76. The van der Waals surface area contributed by atoms with Crippen LogP contribution in [0.3, 0.4) is 0 Å². The van der Waals surface area contributed by atoms with Gasteiger partial charge >= 0.3 is 35.1 Å². The molecule has 0 aliphatic heterocycles. The third kappa shape index (κ3) is 7.01. The summed E-state index contributed by atoms with van der Waals surface area (Å²) in [4.78, 5) is 0. The molecule has 0 amide bonds. The molecule has 0 aromatic heterocycles. The molecule has 0 rings (SSSR count). The third-order valence-electron chi connectivity index (χ3n) is 5.33. The molecule has 0 fully saturated rings. The first-order chi connectivity index (χ1) is 14.7. The predicted molar refractivity (Wildman–Crippen MR) is 92.1 cm³/mol. The molecule has 34 heavy (non-hydrogen) atoms. The van der Waals surface area contributed by atoms with Crippen molar-refractivity contribution in [3.63, 3.8) is 0 Å². The zero-order chi connectivity index (χ0) is 28.2. The monoisotopic (exact) mass is 557 g/mol. The molecule has 0 spiro atoms. The van der Waals surface area contributed by atoms with E-state index in [4.69, 9.17) is 0 Å². The minimum atomic E-state index is -7.92. The Kier molecular flexibility index (Phi) is 11.3. The Hall–Kier alpha value is -1.04. The largest absolute Gasteiger partial charge is 0.743 e. The van der Waals surface area contributed by atoms with Crippen LogP contribution in [0.15, 0.2) is 0 Å². The van der Waals surface area contributed by atoms with E-state index in [-0.39, 0.29) is 0 Å². The number of halogens is 13. The van der Waals surface area contributed by atoms with Crippen LogP contribution < -0.4 is 0 Å². The first-order valence-corrected chi connectivity index (χ1v) is 10.9. The van der Waals surface area contributed by atoms with Crippen molar-refractivity contribution >= 4 is 10.1 Å². The molecule has 0 aromatic rings. The lowest BCUT2D eigenvalue weighted by Gasteiger charge is -2.39. The fourth-order valence-corrected chi connectivity index (χ4v) is 3.01. The minimum Gasteiger partial charge on any atom is -0.743 e. The topological polar surface area (TPSA) is 57.2 Å². The van der Waals surface area contributed by atoms with Crippen LogP contribution in [-0.4, -0.2) is 78.8 Å². The Balaban J connectivity index is 0. The zero-order valence-corrected chi connectivity index (χ0v) is 19.1. The average molecular weight is 557 g/mol. The molecule has 0 saturated carbocycles. The quantitative estimate of drug-likeness (QED) is 0.181. The van der Waals surface area contributed by atoms with E-state index >= 15 is 0 Å². The van der Waals surface area contributed by atoms with Crippen molar-refractivity contribution in [1.29, 1.82) is 0 Å². The number of hydrogen-bond acceptors (Lipinski definition) is 3. The molecule has 0 saturated heterocycles. The Morgan fingerprint density at radius 3 is 1.12 bits per heavy atom. The predicted octanol–water partition coefficient (Wildman–Crippen LogP) is 5.89. The maximum atomic E-state index is 13.0. The van der Waals surface area contributed by atoms with Gasteiger partial charge in [-0.3, -0.25) is 0 Å². The van der Waals surface area contributed by atoms with Crippen LogP contribution in [0.5, 0.6) is 0 Å². The summed E-state index contributed by atoms with van der Waals surface area (Å²) in [5.41, 5.74) is 0. The van der Waals surface area contributed by atoms with Gasteiger partial charge in [-0.25, -0.2) is 8.42 Å². The van der Waals surface area contributed by atoms with Crippen molar-refractivity contribution < 1.29 is 74.5 Å². The fraction of sp³-hybridized carbons (Fsp3) is 1.00. The second-order valence-corrected chi connectivity index (χ2v) is 8.54. The average Bonchev–Trinajstić information content (AvgIpc) is 2.67. The first kappa shape index (κ1) is 35.1. The van der Waals surface area contributed by atoms with Crippen molar-refractivity contribution in [2.45, 2.75) is 75.7 Å². The summed E-state index contributed by atoms with van der Waals surface area (Å²) < 4.78 is 195. The SMILES string of the molecule is CC[N+](CC)(CC)CC.O=S(=O)([O-])C(F)(F)C(F)(F)C(F)(F)C(F)(F)C(F)(F)CCC(F)(F)F. The number of nitrogens with zero attached hydrogens (tertiary/aromatic N) is 1. The summed E-state index contributed by atoms with van der Waals surface area (Å²) in [6.07, 6.45) is -11.8. The van der Waals surface area contributed by atoms with Crippen LogP contribution in [-0.2, 0) is 10.1 Å². The normalized spacial score (nSPS) is 15.1. The van der Waals surface area contributed by atoms with E-state index in [1.165, 1.54) is 30.7 Å². The number of rotatable bonds is 11. The lowest BCUT2D eigenvalue weighted by Crippen LogP contribution is -2.68. The van der Waals surface area contributed by atoms with Gasteiger partial charge in [0.25, 0.3) is 0 Å². The van der Waals surface area contributed by atoms with E-state index in [1.807, 2.05) is 0 Å². The summed E-state index contributed by atoms with van der Waals surface area (Å²) in [6.45, 7) is 14.2. The smallest absolute Gasteiger partial charge is 0.402 e. The molecule has 0 N–H and O–H groups in total. The van der Waals surface area contributed by atoms with Gasteiger partial charge in [0, 0.05) is 12.8 Å². The molecule has 0 heterocycles. The van der Waals surface area contributed by atoms with Gasteiger partial charge in [-0.2, -0.15) is 57.1 Å². The molecule has 0 atom stereocenters. The summed E-state index contributed by atoms with van der Waals surface area (Å²) in [6, 6.07) is 0. The molecule has 0 aliphatic carbocycles. The Morgan fingerprint density at radius 2 is 0.912 bits per heavy atom. The van der Waals surface area contributed by atoms with Gasteiger partial charge in [-0.15, -0.1) is 0 Å². The molecule has 0 aromatic carbocycles. The Labute approximate surface area is 187 Å². The van der Waals surface area contributed by atoms with Crippen LogP contribution in [0.4, 0.5) is 57.1 Å². The molecule has 208 valence electrons. The summed E-state index contributed by atoms with van der Waals surface area (Å²) in [5.74, 6) is -30.0. The standard InChI is InChI=1S/C8H5F13O3S.C8H20N/c9-3(10,1-2-4(11,12)13)5(14,15)6(16,17)7(18,19)8(20,21)25(22,23)24;1-5-9(6-2,7-3)8-4/h1-2H2,(H,22,23,24);5-8H2,1-4H3/q;+1/p-1. The molecular weight excluding hydrogens is 533 g/mol. The lowest BCUT2D eigenvalue weighted by molar-refractivity contribution is -0.921. The third-order valence-corrected chi connectivity index (χ3v) is 6.22. The number of alkyl halides is 13. The lowest BCUT2D eigenvalue weighted by atomic mass is 9.95. The highest BCUT2D eigenvalue weighted by molar-refractivity contribution is 7.86. The number of quaternary nitrogens is 1. The Morgan fingerprint density at radius 1 is 0.588 bits per heavy atom. The fourth-order valence-electron chi connectivity index (χ4n) is 2.56. The Bertz CT molecular complexity index is 730. The molecule has 18 heteroatoms. The van der Waals surface area contributed by atoms with Crippen molar-refractivity contribution in [2.75, 3.05) is 26.2 Å². The van der Waals surface area contributed by atoms with Gasteiger partial charge in [0.05, 0.1) is 26.2 Å². The molecule has 0 radical (unpaired) electrons. The molecule has 4 nitrogen and oxygen atoms in total. The highest BCUT2D eigenvalue weighted by Crippen LogP contribution is 2.59. The van der Waals surface area contributed by atoms with Gasteiger partial charge in [0.15, 0.2) is 10.1 Å². The van der Waals surface area contributed by atoms with Crippen LogP contribution in [0.1, 0.15) is 40.5 Å². The van der Waals surface area contributed by atoms with Gasteiger partial charge in [0.2, 0.25) is 0 Å². The van der Waals surface area contributed by atoms with Gasteiger partial charge in [-0.1, -0.05) is 0 Å². The molecule has 0 bridgehead atoms. The van der Waals surface area contributed by atoms with Gasteiger partial charge < -0.3 is 9.04 Å². The highest BCUT2D eigenvalue weighted by atomic mass is 32.2. The maximum Gasteiger partial charge on any atom is 0.402 e. The van der Waals surface area contributed by atoms with Crippen LogP contribution >= 0.6 is 0 Å². The molecular formula is C16H24F13NO3S. The van der Waals surface area contributed by atoms with Crippen LogP contribution in [0, 0.1) is 0 Å². The summed E-state index contributed by atoms with van der Waals surface area (Å²) in [5, 5.41) is -7.48. The first-order valence-electron chi connectivity index (χ1n) is 9.46. The van der Waals surface area contributed by atoms with E-state index in [0.29, 0.717) is 0 Å². The van der Waals surface area contributed by atoms with E-state index in [0.717, 1.165) is 0 Å². The van der Waals surface area contributed by atoms with Crippen LogP contribution in [0.25, 0.3) is 0 Å². The van der Waals surface area contributed by atoms with Crippen molar-refractivity contribution in [1.82, 2.24) is 0 Å². The molecule has 0 unspecified atom stereocenters. The van der Waals surface area contributed by atoms with Gasteiger partial charge in [0.1, 0.15) is 0 Å². The van der Waals surface area contributed by atoms with E-state index in [2.05, 4.69) is 27.7 Å². The van der Waals surface area contributed by atoms with Gasteiger partial charge in [-0.05, 0) is 27.7 Å². The van der Waals surface area contributed by atoms with Crippen LogP contribution in [0.2, 0.25) is 0 Å². The molecule has 0 aliphatic rings. The van der Waals surface area contributed by atoms with E-state index in [1.54, 1.807) is 0 Å². The van der Waals surface area contributed by atoms with E-state index < -0.39 is 58.1 Å². The van der Waals surface area contributed by atoms with Crippen molar-refractivity contribution in [2.24, 2.45) is 0 Å². The highest BCUT2D eigenvalue weighted by Gasteiger charge is 2.87.